The molecule has 2 rings (SSSR count). The maximum absolute atomic E-state index is 12.4. The molecule has 0 bridgehead atoms. The Labute approximate surface area is 115 Å². The van der Waals surface area contributed by atoms with Crippen molar-refractivity contribution in [1.82, 2.24) is 4.90 Å². The summed E-state index contributed by atoms with van der Waals surface area (Å²) in [5.74, 6) is 0.798. The number of halogens is 1. The molecule has 0 spiro atoms. The first-order chi connectivity index (χ1) is 8.22. The number of carbonyl (C=O) groups is 1. The number of hydrogen-bond acceptors (Lipinski definition) is 2. The highest BCUT2D eigenvalue weighted by Gasteiger charge is 2.27. The Morgan fingerprint density at radius 3 is 2.61 bits per heavy atom. The fraction of sp³-hybridized carbons (Fsp3) is 0.500. The van der Waals surface area contributed by atoms with Crippen LogP contribution in [0.4, 0.5) is 5.69 Å². The number of carbonyl (C=O) groups excluding carboxylic acids is 1. The van der Waals surface area contributed by atoms with E-state index in [1.54, 1.807) is 6.07 Å². The average Bonchev–Trinajstić information content (AvgIpc) is 3.12. The zero-order valence-corrected chi connectivity index (χ0v) is 11.6. The predicted octanol–water partition coefficient (Wildman–Crippen LogP) is 2.95. The van der Waals surface area contributed by atoms with Gasteiger partial charge in [-0.2, -0.15) is 0 Å². The number of anilines is 1. The third-order valence-electron chi connectivity index (χ3n) is 3.15. The number of rotatable bonds is 5. The van der Waals surface area contributed by atoms with E-state index in [2.05, 4.69) is 6.92 Å². The first-order valence-corrected chi connectivity index (χ1v) is 6.36. The molecule has 1 aromatic carbocycles. The van der Waals surface area contributed by atoms with Crippen LogP contribution < -0.4 is 5.73 Å². The first kappa shape index (κ1) is 14.8. The Morgan fingerprint density at radius 2 is 2.06 bits per heavy atom. The maximum atomic E-state index is 12.4. The number of benzene rings is 1. The summed E-state index contributed by atoms with van der Waals surface area (Å²) in [6, 6.07) is 7.32. The van der Waals surface area contributed by atoms with Crippen LogP contribution in [0.1, 0.15) is 36.5 Å². The highest BCUT2D eigenvalue weighted by molar-refractivity contribution is 5.99. The fourth-order valence-electron chi connectivity index (χ4n) is 2.02. The Morgan fingerprint density at radius 1 is 1.39 bits per heavy atom. The molecule has 4 heteroatoms. The lowest BCUT2D eigenvalue weighted by molar-refractivity contribution is 0.0749. The van der Waals surface area contributed by atoms with Gasteiger partial charge in [-0.25, -0.2) is 0 Å². The quantitative estimate of drug-likeness (QED) is 0.835. The van der Waals surface area contributed by atoms with E-state index in [-0.39, 0.29) is 18.3 Å². The van der Waals surface area contributed by atoms with E-state index >= 15 is 0 Å². The monoisotopic (exact) mass is 268 g/mol. The Balaban J connectivity index is 0.00000162. The molecule has 1 aliphatic rings. The smallest absolute Gasteiger partial charge is 0.255 e. The number of nitrogens with two attached hydrogens (primary N) is 1. The first-order valence-electron chi connectivity index (χ1n) is 6.36. The summed E-state index contributed by atoms with van der Waals surface area (Å²) in [5, 5.41) is 0. The van der Waals surface area contributed by atoms with Crippen LogP contribution in [0.2, 0.25) is 0 Å². The van der Waals surface area contributed by atoms with Crippen LogP contribution in [-0.2, 0) is 0 Å². The van der Waals surface area contributed by atoms with Gasteiger partial charge < -0.3 is 10.6 Å². The third-order valence-corrected chi connectivity index (χ3v) is 3.15. The van der Waals surface area contributed by atoms with Gasteiger partial charge in [0.1, 0.15) is 0 Å². The molecule has 1 amide bonds. The van der Waals surface area contributed by atoms with Crippen LogP contribution in [0.5, 0.6) is 0 Å². The average molecular weight is 269 g/mol. The fourth-order valence-corrected chi connectivity index (χ4v) is 2.02. The molecule has 0 radical (unpaired) electrons. The second-order valence-electron chi connectivity index (χ2n) is 4.78. The zero-order valence-electron chi connectivity index (χ0n) is 10.8. The zero-order chi connectivity index (χ0) is 12.3. The molecule has 0 saturated heterocycles. The van der Waals surface area contributed by atoms with Crippen LogP contribution in [-0.4, -0.2) is 23.9 Å². The van der Waals surface area contributed by atoms with Gasteiger partial charge >= 0.3 is 0 Å². The largest absolute Gasteiger partial charge is 0.398 e. The van der Waals surface area contributed by atoms with Crippen molar-refractivity contribution in [1.29, 1.82) is 0 Å². The number of para-hydroxylation sites is 1. The molecular formula is C14H21ClN2O. The lowest BCUT2D eigenvalue weighted by atomic mass is 10.1. The topological polar surface area (TPSA) is 46.3 Å². The molecule has 2 N–H and O–H groups in total. The number of nitrogens with zero attached hydrogens (tertiary/aromatic N) is 1. The highest BCUT2D eigenvalue weighted by Crippen LogP contribution is 2.30. The third kappa shape index (κ3) is 3.64. The Kier molecular flexibility index (Phi) is 5.48. The van der Waals surface area contributed by atoms with Crippen molar-refractivity contribution in [2.75, 3.05) is 18.8 Å². The van der Waals surface area contributed by atoms with Gasteiger partial charge in [0, 0.05) is 18.8 Å². The molecule has 0 aliphatic heterocycles. The minimum absolute atomic E-state index is 0. The molecule has 1 fully saturated rings. The van der Waals surface area contributed by atoms with Gasteiger partial charge in [-0.05, 0) is 37.3 Å². The summed E-state index contributed by atoms with van der Waals surface area (Å²) in [6.07, 6.45) is 3.51. The summed E-state index contributed by atoms with van der Waals surface area (Å²) in [7, 11) is 0. The highest BCUT2D eigenvalue weighted by atomic mass is 35.5. The molecule has 0 heterocycles. The molecule has 1 aromatic rings. The van der Waals surface area contributed by atoms with Crippen molar-refractivity contribution in [3.63, 3.8) is 0 Å². The second-order valence-corrected chi connectivity index (χ2v) is 4.78. The Hall–Kier alpha value is -1.22. The minimum Gasteiger partial charge on any atom is -0.398 e. The van der Waals surface area contributed by atoms with Gasteiger partial charge in [0.15, 0.2) is 0 Å². The van der Waals surface area contributed by atoms with E-state index in [1.807, 2.05) is 23.1 Å². The molecule has 18 heavy (non-hydrogen) atoms. The predicted molar refractivity (Wildman–Crippen MR) is 77.0 cm³/mol. The Bertz CT molecular complexity index is 405. The molecule has 0 aromatic heterocycles. The van der Waals surface area contributed by atoms with E-state index in [0.29, 0.717) is 11.3 Å². The molecule has 1 saturated carbocycles. The molecule has 100 valence electrons. The van der Waals surface area contributed by atoms with E-state index in [0.717, 1.165) is 25.4 Å². The normalized spacial score (nSPS) is 13.8. The van der Waals surface area contributed by atoms with E-state index in [4.69, 9.17) is 5.73 Å². The summed E-state index contributed by atoms with van der Waals surface area (Å²) in [6.45, 7) is 3.81. The van der Waals surface area contributed by atoms with Crippen LogP contribution >= 0.6 is 12.4 Å². The summed E-state index contributed by atoms with van der Waals surface area (Å²) >= 11 is 0. The van der Waals surface area contributed by atoms with Gasteiger partial charge in [-0.1, -0.05) is 19.1 Å². The molecule has 0 unspecified atom stereocenters. The lowest BCUT2D eigenvalue weighted by Gasteiger charge is -2.22. The molecule has 1 aliphatic carbocycles. The standard InChI is InChI=1S/C14H20N2O.ClH/c1-2-9-16(10-11-7-8-11)14(17)12-5-3-4-6-13(12)15;/h3-6,11H,2,7-10,15H2,1H3;1H. The summed E-state index contributed by atoms with van der Waals surface area (Å²) < 4.78 is 0. The minimum atomic E-state index is 0. The van der Waals surface area contributed by atoms with Gasteiger partial charge in [-0.3, -0.25) is 4.79 Å². The molecular weight excluding hydrogens is 248 g/mol. The van der Waals surface area contributed by atoms with Crippen molar-refractivity contribution in [3.8, 4) is 0 Å². The lowest BCUT2D eigenvalue weighted by Crippen LogP contribution is -2.34. The molecule has 3 nitrogen and oxygen atoms in total. The van der Waals surface area contributed by atoms with Crippen molar-refractivity contribution in [2.45, 2.75) is 26.2 Å². The van der Waals surface area contributed by atoms with E-state index < -0.39 is 0 Å². The summed E-state index contributed by atoms with van der Waals surface area (Å²) in [4.78, 5) is 14.3. The number of amides is 1. The number of nitrogen functional groups attached to an aromatic ring is 1. The van der Waals surface area contributed by atoms with Crippen LogP contribution in [0.3, 0.4) is 0 Å². The summed E-state index contributed by atoms with van der Waals surface area (Å²) in [5.41, 5.74) is 7.07. The van der Waals surface area contributed by atoms with Crippen LogP contribution in [0, 0.1) is 5.92 Å². The number of hydrogen-bond donors (Lipinski definition) is 1. The van der Waals surface area contributed by atoms with E-state index in [1.165, 1.54) is 12.8 Å². The van der Waals surface area contributed by atoms with Crippen LogP contribution in [0.15, 0.2) is 24.3 Å². The van der Waals surface area contributed by atoms with Crippen molar-refractivity contribution in [2.24, 2.45) is 5.92 Å². The van der Waals surface area contributed by atoms with Gasteiger partial charge in [0.2, 0.25) is 0 Å². The maximum Gasteiger partial charge on any atom is 0.255 e. The van der Waals surface area contributed by atoms with E-state index in [9.17, 15) is 4.79 Å². The van der Waals surface area contributed by atoms with Crippen LogP contribution in [0.25, 0.3) is 0 Å². The van der Waals surface area contributed by atoms with Gasteiger partial charge in [0.05, 0.1) is 5.56 Å². The van der Waals surface area contributed by atoms with Crippen molar-refractivity contribution in [3.05, 3.63) is 29.8 Å². The molecule has 0 atom stereocenters. The van der Waals surface area contributed by atoms with Gasteiger partial charge in [0.25, 0.3) is 5.91 Å². The van der Waals surface area contributed by atoms with Gasteiger partial charge in [-0.15, -0.1) is 12.4 Å². The van der Waals surface area contributed by atoms with Crippen molar-refractivity contribution < 1.29 is 4.79 Å². The SMILES string of the molecule is CCCN(CC1CC1)C(=O)c1ccccc1N.Cl. The second kappa shape index (κ2) is 6.64. The van der Waals surface area contributed by atoms with Crippen molar-refractivity contribution >= 4 is 24.0 Å².